The van der Waals surface area contributed by atoms with Crippen molar-refractivity contribution in [2.45, 2.75) is 18.9 Å². The van der Waals surface area contributed by atoms with E-state index in [0.717, 1.165) is 31.6 Å². The number of hydrogen-bond acceptors (Lipinski definition) is 5. The minimum atomic E-state index is -0.212. The minimum Gasteiger partial charge on any atom is -0.321 e. The summed E-state index contributed by atoms with van der Waals surface area (Å²) >= 11 is 0. The lowest BCUT2D eigenvalue weighted by Gasteiger charge is -2.22. The summed E-state index contributed by atoms with van der Waals surface area (Å²) in [4.78, 5) is 12.4. The van der Waals surface area contributed by atoms with Gasteiger partial charge < -0.3 is 10.6 Å². The average Bonchev–Trinajstić information content (AvgIpc) is 3.35. The van der Waals surface area contributed by atoms with Crippen molar-refractivity contribution in [1.29, 1.82) is 0 Å². The van der Waals surface area contributed by atoms with E-state index in [4.69, 9.17) is 0 Å². The number of nitrogens with one attached hydrogen (secondary N) is 2. The normalized spacial score (nSPS) is 16.7. The summed E-state index contributed by atoms with van der Waals surface area (Å²) in [6.45, 7) is 1.95. The van der Waals surface area contributed by atoms with Crippen LogP contribution >= 0.6 is 12.4 Å². The summed E-state index contributed by atoms with van der Waals surface area (Å²) in [6, 6.07) is 9.48. The summed E-state index contributed by atoms with van der Waals surface area (Å²) in [5.41, 5.74) is 2.01. The molecule has 1 aliphatic rings. The fourth-order valence-corrected chi connectivity index (χ4v) is 2.96. The predicted octanol–water partition coefficient (Wildman–Crippen LogP) is 2.06. The molecule has 9 heteroatoms. The molecule has 0 spiro atoms. The number of benzene rings is 1. The third-order valence-corrected chi connectivity index (χ3v) is 4.30. The van der Waals surface area contributed by atoms with E-state index in [1.165, 1.54) is 0 Å². The van der Waals surface area contributed by atoms with Crippen LogP contribution in [0.4, 0.5) is 5.69 Å². The number of aromatic nitrogens is 5. The molecule has 4 rings (SSSR count). The maximum atomic E-state index is 12.4. The molecule has 3 aromatic rings. The van der Waals surface area contributed by atoms with Crippen LogP contribution in [0.15, 0.2) is 48.9 Å². The Hall–Kier alpha value is -2.71. The fraction of sp³-hybridized carbons (Fsp3) is 0.294. The molecule has 0 bridgehead atoms. The van der Waals surface area contributed by atoms with Gasteiger partial charge in [-0.1, -0.05) is 5.21 Å². The second-order valence-electron chi connectivity index (χ2n) is 6.03. The molecule has 2 N–H and O–H groups in total. The highest BCUT2D eigenvalue weighted by Crippen LogP contribution is 2.17. The molecule has 1 atom stereocenters. The maximum Gasteiger partial charge on any atom is 0.276 e. The average molecular weight is 374 g/mol. The minimum absolute atomic E-state index is 0. The van der Waals surface area contributed by atoms with Crippen LogP contribution in [-0.4, -0.2) is 43.8 Å². The molecule has 1 fully saturated rings. The van der Waals surface area contributed by atoms with E-state index in [1.807, 2.05) is 35.1 Å². The van der Waals surface area contributed by atoms with Gasteiger partial charge in [0.2, 0.25) is 0 Å². The lowest BCUT2D eigenvalue weighted by atomic mass is 10.1. The number of nitrogens with zero attached hydrogens (tertiary/aromatic N) is 5. The summed E-state index contributed by atoms with van der Waals surface area (Å²) in [7, 11) is 0. The summed E-state index contributed by atoms with van der Waals surface area (Å²) in [5, 5.41) is 18.4. The van der Waals surface area contributed by atoms with Crippen molar-refractivity contribution in [1.82, 2.24) is 30.1 Å². The fourth-order valence-electron chi connectivity index (χ4n) is 2.96. The van der Waals surface area contributed by atoms with Crippen LogP contribution < -0.4 is 10.6 Å². The zero-order chi connectivity index (χ0) is 17.1. The third kappa shape index (κ3) is 3.92. The number of carbonyl (C=O) groups is 1. The Morgan fingerprint density at radius 2 is 2.04 bits per heavy atom. The second kappa shape index (κ2) is 8.11. The van der Waals surface area contributed by atoms with Gasteiger partial charge in [0.05, 0.1) is 24.1 Å². The molecule has 1 unspecified atom stereocenters. The Bertz CT molecular complexity index is 838. The molecule has 136 valence electrons. The monoisotopic (exact) mass is 373 g/mol. The van der Waals surface area contributed by atoms with Crippen molar-refractivity contribution < 1.29 is 4.79 Å². The molecule has 26 heavy (non-hydrogen) atoms. The quantitative estimate of drug-likeness (QED) is 0.730. The first-order valence-corrected chi connectivity index (χ1v) is 8.33. The molecule has 0 aliphatic carbocycles. The van der Waals surface area contributed by atoms with Crippen LogP contribution in [0.5, 0.6) is 0 Å². The van der Waals surface area contributed by atoms with Gasteiger partial charge in [0, 0.05) is 18.4 Å². The summed E-state index contributed by atoms with van der Waals surface area (Å²) in [5.74, 6) is -0.212. The van der Waals surface area contributed by atoms with Crippen LogP contribution in [0.3, 0.4) is 0 Å². The molecule has 8 nitrogen and oxygen atoms in total. The van der Waals surface area contributed by atoms with Gasteiger partial charge in [-0.15, -0.1) is 17.5 Å². The number of piperidine rings is 1. The number of rotatable bonds is 4. The Labute approximate surface area is 157 Å². The zero-order valence-corrected chi connectivity index (χ0v) is 14.9. The topological polar surface area (TPSA) is 89.7 Å². The van der Waals surface area contributed by atoms with E-state index >= 15 is 0 Å². The van der Waals surface area contributed by atoms with E-state index in [0.29, 0.717) is 17.4 Å². The molecule has 3 heterocycles. The van der Waals surface area contributed by atoms with Gasteiger partial charge in [-0.3, -0.25) is 9.48 Å². The molecule has 2 aromatic heterocycles. The zero-order valence-electron chi connectivity index (χ0n) is 14.1. The molecule has 1 amide bonds. The standard InChI is InChI=1S/C17H19N7O.ClH/c25-17(16-7-10-23(21-16)15-2-1-8-18-12-15)20-13-3-5-14(6-4-13)24-11-9-19-22-24;/h3-7,9-11,15,18H,1-2,8,12H2,(H,20,25);1H. The van der Waals surface area contributed by atoms with Crippen LogP contribution in [0.25, 0.3) is 5.69 Å². The van der Waals surface area contributed by atoms with Crippen LogP contribution in [0, 0.1) is 0 Å². The van der Waals surface area contributed by atoms with Crippen molar-refractivity contribution >= 4 is 24.0 Å². The van der Waals surface area contributed by atoms with Crippen molar-refractivity contribution in [3.8, 4) is 5.69 Å². The van der Waals surface area contributed by atoms with E-state index in [2.05, 4.69) is 26.0 Å². The van der Waals surface area contributed by atoms with Gasteiger partial charge in [0.15, 0.2) is 5.69 Å². The Kier molecular flexibility index (Phi) is 5.65. The maximum absolute atomic E-state index is 12.4. The SMILES string of the molecule is Cl.O=C(Nc1ccc(-n2ccnn2)cc1)c1ccn(C2CCCNC2)n1. The first-order chi connectivity index (χ1) is 12.3. The van der Waals surface area contributed by atoms with Gasteiger partial charge in [-0.25, -0.2) is 4.68 Å². The smallest absolute Gasteiger partial charge is 0.276 e. The molecule has 1 saturated heterocycles. The summed E-state index contributed by atoms with van der Waals surface area (Å²) in [6.07, 6.45) is 7.47. The van der Waals surface area contributed by atoms with E-state index in [-0.39, 0.29) is 18.3 Å². The Morgan fingerprint density at radius 3 is 2.73 bits per heavy atom. The number of halogens is 1. The molecule has 0 radical (unpaired) electrons. The third-order valence-electron chi connectivity index (χ3n) is 4.30. The van der Waals surface area contributed by atoms with Gasteiger partial charge >= 0.3 is 0 Å². The number of amides is 1. The molecule has 1 aromatic carbocycles. The van der Waals surface area contributed by atoms with Gasteiger partial charge in [-0.05, 0) is 49.7 Å². The first kappa shape index (κ1) is 18.1. The molecular formula is C17H20ClN7O. The molecule has 1 aliphatic heterocycles. The van der Waals surface area contributed by atoms with E-state index < -0.39 is 0 Å². The lowest BCUT2D eigenvalue weighted by Crippen LogP contribution is -2.32. The van der Waals surface area contributed by atoms with Gasteiger partial charge in [0.25, 0.3) is 5.91 Å². The van der Waals surface area contributed by atoms with Gasteiger partial charge in [0.1, 0.15) is 0 Å². The highest BCUT2D eigenvalue weighted by molar-refractivity contribution is 6.02. The largest absolute Gasteiger partial charge is 0.321 e. The first-order valence-electron chi connectivity index (χ1n) is 8.33. The van der Waals surface area contributed by atoms with Crippen molar-refractivity contribution in [2.75, 3.05) is 18.4 Å². The van der Waals surface area contributed by atoms with Crippen molar-refractivity contribution in [3.63, 3.8) is 0 Å². The lowest BCUT2D eigenvalue weighted by molar-refractivity contribution is 0.102. The van der Waals surface area contributed by atoms with E-state index in [9.17, 15) is 4.79 Å². The number of anilines is 1. The number of hydrogen-bond donors (Lipinski definition) is 2. The summed E-state index contributed by atoms with van der Waals surface area (Å²) < 4.78 is 3.54. The highest BCUT2D eigenvalue weighted by atomic mass is 35.5. The predicted molar refractivity (Wildman–Crippen MR) is 99.9 cm³/mol. The number of carbonyl (C=O) groups excluding carboxylic acids is 1. The van der Waals surface area contributed by atoms with Crippen LogP contribution in [0.2, 0.25) is 0 Å². The highest BCUT2D eigenvalue weighted by Gasteiger charge is 2.17. The Morgan fingerprint density at radius 1 is 1.19 bits per heavy atom. The van der Waals surface area contributed by atoms with Crippen molar-refractivity contribution in [2.24, 2.45) is 0 Å². The Balaban J connectivity index is 0.00000196. The van der Waals surface area contributed by atoms with Crippen molar-refractivity contribution in [3.05, 3.63) is 54.6 Å². The van der Waals surface area contributed by atoms with Crippen LogP contribution in [-0.2, 0) is 0 Å². The van der Waals surface area contributed by atoms with E-state index in [1.54, 1.807) is 23.1 Å². The molecular weight excluding hydrogens is 354 g/mol. The van der Waals surface area contributed by atoms with Crippen LogP contribution in [0.1, 0.15) is 29.4 Å². The second-order valence-corrected chi connectivity index (χ2v) is 6.03. The van der Waals surface area contributed by atoms with Gasteiger partial charge in [-0.2, -0.15) is 5.10 Å². The molecule has 0 saturated carbocycles.